The summed E-state index contributed by atoms with van der Waals surface area (Å²) in [4.78, 5) is 22.8. The molecule has 20 heavy (non-hydrogen) atoms. The Morgan fingerprint density at radius 3 is 2.55 bits per heavy atom. The molecule has 0 saturated heterocycles. The van der Waals surface area contributed by atoms with E-state index in [2.05, 4.69) is 10.6 Å². The maximum atomic E-state index is 13.1. The van der Waals surface area contributed by atoms with Gasteiger partial charge in [0.15, 0.2) is 0 Å². The third kappa shape index (κ3) is 4.87. The molecule has 0 aliphatic rings. The normalized spacial score (nSPS) is 12.1. The topological polar surface area (TPSA) is 78.4 Å². The monoisotopic (exact) mass is 282 g/mol. The van der Waals surface area contributed by atoms with Gasteiger partial charge in [-0.05, 0) is 37.0 Å². The zero-order valence-electron chi connectivity index (χ0n) is 11.7. The van der Waals surface area contributed by atoms with Crippen LogP contribution in [-0.2, 0) is 4.79 Å². The molecule has 1 rings (SSSR count). The first kappa shape index (κ1) is 15.9. The Bertz CT molecular complexity index is 503. The highest BCUT2D eigenvalue weighted by Crippen LogP contribution is 2.16. The van der Waals surface area contributed by atoms with Crippen molar-refractivity contribution >= 4 is 17.7 Å². The fourth-order valence-corrected chi connectivity index (χ4v) is 1.74. The van der Waals surface area contributed by atoms with Crippen molar-refractivity contribution in [3.05, 3.63) is 29.6 Å². The first-order chi connectivity index (χ1) is 9.29. The van der Waals surface area contributed by atoms with Crippen molar-refractivity contribution in [3.63, 3.8) is 0 Å². The molecule has 0 radical (unpaired) electrons. The van der Waals surface area contributed by atoms with E-state index in [4.69, 9.17) is 5.11 Å². The summed E-state index contributed by atoms with van der Waals surface area (Å²) in [5.41, 5.74) is 1.01. The lowest BCUT2D eigenvalue weighted by Gasteiger charge is -2.17. The van der Waals surface area contributed by atoms with Crippen molar-refractivity contribution in [2.75, 3.05) is 5.32 Å². The number of carbonyl (C=O) groups is 2. The Hall–Kier alpha value is -2.11. The number of aryl methyl sites for hydroxylation is 1. The molecule has 0 heterocycles. The third-order valence-electron chi connectivity index (χ3n) is 2.76. The zero-order valence-corrected chi connectivity index (χ0v) is 11.7. The number of carbonyl (C=O) groups excluding carboxylic acids is 1. The summed E-state index contributed by atoms with van der Waals surface area (Å²) in [6, 6.07) is 2.38. The van der Waals surface area contributed by atoms with Crippen molar-refractivity contribution in [2.45, 2.75) is 33.2 Å². The maximum absolute atomic E-state index is 13.1. The van der Waals surface area contributed by atoms with Gasteiger partial charge in [-0.25, -0.2) is 14.0 Å². The molecule has 6 heteroatoms. The first-order valence-corrected chi connectivity index (χ1v) is 6.36. The number of nitrogens with one attached hydrogen (secondary N) is 2. The van der Waals surface area contributed by atoms with Gasteiger partial charge in [0, 0.05) is 5.69 Å². The summed E-state index contributed by atoms with van der Waals surface area (Å²) in [5, 5.41) is 13.9. The first-order valence-electron chi connectivity index (χ1n) is 6.36. The highest BCUT2D eigenvalue weighted by Gasteiger charge is 2.21. The predicted octanol–water partition coefficient (Wildman–Crippen LogP) is 2.75. The molecule has 1 atom stereocenters. The van der Waals surface area contributed by atoms with E-state index in [9.17, 15) is 14.0 Å². The van der Waals surface area contributed by atoms with E-state index in [1.165, 1.54) is 18.2 Å². The van der Waals surface area contributed by atoms with Crippen molar-refractivity contribution in [1.29, 1.82) is 0 Å². The van der Waals surface area contributed by atoms with Gasteiger partial charge in [-0.1, -0.05) is 19.9 Å². The number of urea groups is 1. The van der Waals surface area contributed by atoms with E-state index >= 15 is 0 Å². The maximum Gasteiger partial charge on any atom is 0.326 e. The van der Waals surface area contributed by atoms with Crippen LogP contribution in [0.2, 0.25) is 0 Å². The third-order valence-corrected chi connectivity index (χ3v) is 2.76. The number of benzene rings is 1. The average molecular weight is 282 g/mol. The second-order valence-electron chi connectivity index (χ2n) is 5.08. The number of anilines is 1. The Kier molecular flexibility index (Phi) is 5.49. The molecule has 0 spiro atoms. The lowest BCUT2D eigenvalue weighted by molar-refractivity contribution is -0.139. The molecule has 3 N–H and O–H groups in total. The van der Waals surface area contributed by atoms with Crippen LogP contribution in [0.1, 0.15) is 25.8 Å². The molecule has 2 amide bonds. The van der Waals surface area contributed by atoms with Crippen LogP contribution in [0.3, 0.4) is 0 Å². The fourth-order valence-electron chi connectivity index (χ4n) is 1.74. The zero-order chi connectivity index (χ0) is 15.3. The number of aliphatic carboxylic acids is 1. The van der Waals surface area contributed by atoms with Crippen molar-refractivity contribution < 1.29 is 19.1 Å². The van der Waals surface area contributed by atoms with Gasteiger partial charge in [-0.3, -0.25) is 0 Å². The summed E-state index contributed by atoms with van der Waals surface area (Å²) >= 11 is 0. The Balaban J connectivity index is 2.70. The Morgan fingerprint density at radius 1 is 1.35 bits per heavy atom. The molecule has 0 aromatic heterocycles. The Labute approximate surface area is 117 Å². The van der Waals surface area contributed by atoms with Gasteiger partial charge in [0.05, 0.1) is 0 Å². The summed E-state index contributed by atoms with van der Waals surface area (Å²) in [7, 11) is 0. The van der Waals surface area contributed by atoms with Crippen LogP contribution in [0.25, 0.3) is 0 Å². The molecule has 0 bridgehead atoms. The van der Waals surface area contributed by atoms with E-state index in [1.807, 2.05) is 13.8 Å². The van der Waals surface area contributed by atoms with Gasteiger partial charge in [0.2, 0.25) is 0 Å². The number of hydrogen-bond acceptors (Lipinski definition) is 2. The largest absolute Gasteiger partial charge is 0.480 e. The molecule has 110 valence electrons. The number of amides is 2. The van der Waals surface area contributed by atoms with Crippen LogP contribution >= 0.6 is 0 Å². The van der Waals surface area contributed by atoms with E-state index < -0.39 is 23.9 Å². The minimum atomic E-state index is -1.09. The fraction of sp³-hybridized carbons (Fsp3) is 0.429. The predicted molar refractivity (Wildman–Crippen MR) is 74.2 cm³/mol. The standard InChI is InChI=1S/C14H19FN2O3/c1-8(2)6-12(13(18)19)17-14(20)16-11-7-10(15)5-4-9(11)3/h4-5,7-8,12H,6H2,1-3H3,(H,18,19)(H2,16,17,20)/t12-/m1/s1. The van der Waals surface area contributed by atoms with Crippen LogP contribution < -0.4 is 10.6 Å². The Morgan fingerprint density at radius 2 is 2.00 bits per heavy atom. The van der Waals surface area contributed by atoms with E-state index in [-0.39, 0.29) is 5.92 Å². The summed E-state index contributed by atoms with van der Waals surface area (Å²) < 4.78 is 13.1. The smallest absolute Gasteiger partial charge is 0.326 e. The highest BCUT2D eigenvalue weighted by molar-refractivity contribution is 5.92. The lowest BCUT2D eigenvalue weighted by atomic mass is 10.0. The summed E-state index contributed by atoms with van der Waals surface area (Å²) in [6.07, 6.45) is 0.324. The molecule has 0 saturated carbocycles. The van der Waals surface area contributed by atoms with Crippen LogP contribution in [0.15, 0.2) is 18.2 Å². The van der Waals surface area contributed by atoms with Crippen molar-refractivity contribution in [2.24, 2.45) is 5.92 Å². The minimum absolute atomic E-state index is 0.132. The molecule has 1 aromatic rings. The molecule has 0 unspecified atom stereocenters. The second-order valence-corrected chi connectivity index (χ2v) is 5.08. The minimum Gasteiger partial charge on any atom is -0.480 e. The average Bonchev–Trinajstić information content (AvgIpc) is 2.32. The van der Waals surface area contributed by atoms with Gasteiger partial charge in [-0.2, -0.15) is 0 Å². The quantitative estimate of drug-likeness (QED) is 0.777. The van der Waals surface area contributed by atoms with Gasteiger partial charge >= 0.3 is 12.0 Å². The number of halogens is 1. The second kappa shape index (κ2) is 6.88. The number of carboxylic acids is 1. The summed E-state index contributed by atoms with van der Waals surface area (Å²) in [6.45, 7) is 5.45. The van der Waals surface area contributed by atoms with Crippen molar-refractivity contribution in [1.82, 2.24) is 5.32 Å². The summed E-state index contributed by atoms with van der Waals surface area (Å²) in [5.74, 6) is -1.43. The SMILES string of the molecule is Cc1ccc(F)cc1NC(=O)N[C@H](CC(C)C)C(=O)O. The van der Waals surface area contributed by atoms with E-state index in [1.54, 1.807) is 6.92 Å². The molecule has 5 nitrogen and oxygen atoms in total. The van der Waals surface area contributed by atoms with E-state index in [0.717, 1.165) is 0 Å². The van der Waals surface area contributed by atoms with Gasteiger partial charge in [0.25, 0.3) is 0 Å². The van der Waals surface area contributed by atoms with Crippen LogP contribution in [0.5, 0.6) is 0 Å². The number of rotatable bonds is 5. The van der Waals surface area contributed by atoms with E-state index in [0.29, 0.717) is 17.7 Å². The molecular weight excluding hydrogens is 263 g/mol. The molecule has 1 aromatic carbocycles. The number of hydrogen-bond donors (Lipinski definition) is 3. The lowest BCUT2D eigenvalue weighted by Crippen LogP contribution is -2.43. The molecule has 0 fully saturated rings. The van der Waals surface area contributed by atoms with Gasteiger partial charge in [-0.15, -0.1) is 0 Å². The molecular formula is C14H19FN2O3. The van der Waals surface area contributed by atoms with Gasteiger partial charge in [0.1, 0.15) is 11.9 Å². The van der Waals surface area contributed by atoms with Crippen LogP contribution in [0, 0.1) is 18.7 Å². The highest BCUT2D eigenvalue weighted by atomic mass is 19.1. The molecule has 0 aliphatic heterocycles. The van der Waals surface area contributed by atoms with Crippen LogP contribution in [-0.4, -0.2) is 23.1 Å². The number of carboxylic acid groups (broad SMARTS) is 1. The van der Waals surface area contributed by atoms with Crippen molar-refractivity contribution in [3.8, 4) is 0 Å². The van der Waals surface area contributed by atoms with Crippen LogP contribution in [0.4, 0.5) is 14.9 Å². The van der Waals surface area contributed by atoms with Gasteiger partial charge < -0.3 is 15.7 Å². The molecule has 0 aliphatic carbocycles.